The first-order chi connectivity index (χ1) is 9.47. The van der Waals surface area contributed by atoms with Crippen molar-refractivity contribution in [1.29, 1.82) is 0 Å². The van der Waals surface area contributed by atoms with Gasteiger partial charge in [0.15, 0.2) is 5.75 Å². The molecule has 2 rings (SSSR count). The van der Waals surface area contributed by atoms with Gasteiger partial charge in [0.05, 0.1) is 10.2 Å². The van der Waals surface area contributed by atoms with Crippen molar-refractivity contribution in [2.45, 2.75) is 20.1 Å². The molecular formula is C13H11BrClF2NOS. The second-order valence-electron chi connectivity index (χ2n) is 4.02. The molecule has 0 radical (unpaired) electrons. The van der Waals surface area contributed by atoms with E-state index in [2.05, 4.69) is 26.0 Å². The monoisotopic (exact) mass is 381 g/mol. The Morgan fingerprint density at radius 1 is 1.45 bits per heavy atom. The summed E-state index contributed by atoms with van der Waals surface area (Å²) < 4.78 is 29.8. The number of halogens is 4. The van der Waals surface area contributed by atoms with Gasteiger partial charge < -0.3 is 10.1 Å². The third kappa shape index (κ3) is 3.84. The molecule has 20 heavy (non-hydrogen) atoms. The molecule has 0 saturated carbocycles. The van der Waals surface area contributed by atoms with Gasteiger partial charge in [-0.15, -0.1) is 11.3 Å². The van der Waals surface area contributed by atoms with Gasteiger partial charge in [-0.05, 0) is 52.0 Å². The van der Waals surface area contributed by atoms with Gasteiger partial charge >= 0.3 is 6.61 Å². The number of benzene rings is 1. The van der Waals surface area contributed by atoms with Gasteiger partial charge in [-0.25, -0.2) is 0 Å². The normalized spacial score (nSPS) is 10.9. The van der Waals surface area contributed by atoms with Crippen LogP contribution in [0, 0.1) is 6.92 Å². The molecule has 1 heterocycles. The Kier molecular flexibility index (Phi) is 5.23. The van der Waals surface area contributed by atoms with Gasteiger partial charge in [0, 0.05) is 16.4 Å². The van der Waals surface area contributed by atoms with Crippen molar-refractivity contribution in [3.05, 3.63) is 43.5 Å². The zero-order chi connectivity index (χ0) is 14.7. The van der Waals surface area contributed by atoms with Crippen LogP contribution in [0.1, 0.15) is 10.4 Å². The van der Waals surface area contributed by atoms with E-state index in [9.17, 15) is 8.78 Å². The smallest absolute Gasteiger partial charge is 0.387 e. The summed E-state index contributed by atoms with van der Waals surface area (Å²) in [4.78, 5) is 1.13. The summed E-state index contributed by atoms with van der Waals surface area (Å²) in [5.41, 5.74) is 1.58. The number of thiophene rings is 1. The Bertz CT molecular complexity index is 606. The minimum atomic E-state index is -2.89. The highest BCUT2D eigenvalue weighted by atomic mass is 79.9. The van der Waals surface area contributed by atoms with E-state index in [1.807, 2.05) is 18.4 Å². The van der Waals surface area contributed by atoms with E-state index in [1.54, 1.807) is 17.4 Å². The van der Waals surface area contributed by atoms with Crippen LogP contribution in [0.5, 0.6) is 5.75 Å². The van der Waals surface area contributed by atoms with Gasteiger partial charge in [0.25, 0.3) is 0 Å². The molecule has 1 N–H and O–H groups in total. The number of rotatable bonds is 5. The second-order valence-corrected chi connectivity index (χ2v) is 6.31. The number of nitrogens with one attached hydrogen (secondary N) is 1. The summed E-state index contributed by atoms with van der Waals surface area (Å²) in [6.07, 6.45) is 0. The maximum atomic E-state index is 12.5. The summed E-state index contributed by atoms with van der Waals surface area (Å²) in [5.74, 6) is 0.0543. The molecule has 2 aromatic rings. The zero-order valence-corrected chi connectivity index (χ0v) is 13.6. The van der Waals surface area contributed by atoms with Crippen LogP contribution < -0.4 is 10.1 Å². The average molecular weight is 383 g/mol. The molecule has 7 heteroatoms. The van der Waals surface area contributed by atoms with Crippen LogP contribution in [0.15, 0.2) is 28.1 Å². The SMILES string of the molecule is Cc1ccsc1CNc1cc(Cl)cc(Br)c1OC(F)F. The first-order valence-electron chi connectivity index (χ1n) is 5.68. The molecule has 0 amide bonds. The van der Waals surface area contributed by atoms with Crippen LogP contribution in [-0.4, -0.2) is 6.61 Å². The van der Waals surface area contributed by atoms with E-state index >= 15 is 0 Å². The molecular weight excluding hydrogens is 372 g/mol. The molecule has 0 unspecified atom stereocenters. The first-order valence-corrected chi connectivity index (χ1v) is 7.73. The van der Waals surface area contributed by atoms with Gasteiger partial charge in [0.1, 0.15) is 0 Å². The summed E-state index contributed by atoms with van der Waals surface area (Å²) in [6.45, 7) is -0.370. The van der Waals surface area contributed by atoms with Crippen molar-refractivity contribution in [1.82, 2.24) is 0 Å². The van der Waals surface area contributed by atoms with Crippen molar-refractivity contribution in [3.8, 4) is 5.75 Å². The Morgan fingerprint density at radius 3 is 2.80 bits per heavy atom. The quantitative estimate of drug-likeness (QED) is 0.717. The van der Waals surface area contributed by atoms with Crippen LogP contribution in [0.4, 0.5) is 14.5 Å². The molecule has 0 aliphatic heterocycles. The van der Waals surface area contributed by atoms with Crippen molar-refractivity contribution >= 4 is 44.6 Å². The topological polar surface area (TPSA) is 21.3 Å². The highest BCUT2D eigenvalue weighted by Gasteiger charge is 2.15. The fraction of sp³-hybridized carbons (Fsp3) is 0.231. The number of alkyl halides is 2. The molecule has 108 valence electrons. The third-order valence-corrected chi connectivity index (χ3v) is 4.45. The maximum absolute atomic E-state index is 12.5. The standard InChI is InChI=1S/C13H11BrClF2NOS/c1-7-2-3-20-11(7)6-18-10-5-8(15)4-9(14)12(10)19-13(16)17/h2-5,13,18H,6H2,1H3. The first kappa shape index (κ1) is 15.5. The Hall–Kier alpha value is -0.850. The minimum absolute atomic E-state index is 0.0543. The predicted molar refractivity (Wildman–Crippen MR) is 82.2 cm³/mol. The summed E-state index contributed by atoms with van der Waals surface area (Å²) in [6, 6.07) is 5.08. The number of anilines is 1. The molecule has 0 spiro atoms. The number of aryl methyl sites for hydroxylation is 1. The predicted octanol–water partition coefficient (Wildman–Crippen LogP) is 5.69. The third-order valence-electron chi connectivity index (χ3n) is 2.62. The molecule has 0 aliphatic carbocycles. The molecule has 0 saturated heterocycles. The largest absolute Gasteiger partial charge is 0.431 e. The van der Waals surface area contributed by atoms with Crippen LogP contribution in [0.25, 0.3) is 0 Å². The Balaban J connectivity index is 2.23. The van der Waals surface area contributed by atoms with Crippen molar-refractivity contribution < 1.29 is 13.5 Å². The van der Waals surface area contributed by atoms with Gasteiger partial charge in [-0.2, -0.15) is 8.78 Å². The van der Waals surface area contributed by atoms with Crippen molar-refractivity contribution in [2.75, 3.05) is 5.32 Å². The molecule has 0 atom stereocenters. The molecule has 1 aromatic heterocycles. The van der Waals surface area contributed by atoms with Crippen molar-refractivity contribution in [2.24, 2.45) is 0 Å². The molecule has 2 nitrogen and oxygen atoms in total. The highest BCUT2D eigenvalue weighted by Crippen LogP contribution is 2.38. The Labute approximate surface area is 132 Å². The van der Waals surface area contributed by atoms with Crippen LogP contribution in [0.3, 0.4) is 0 Å². The molecule has 1 aromatic carbocycles. The number of hydrogen-bond acceptors (Lipinski definition) is 3. The summed E-state index contributed by atoms with van der Waals surface area (Å²) in [5, 5.41) is 5.50. The minimum Gasteiger partial charge on any atom is -0.431 e. The fourth-order valence-corrected chi connectivity index (χ4v) is 3.41. The highest BCUT2D eigenvalue weighted by molar-refractivity contribution is 9.10. The maximum Gasteiger partial charge on any atom is 0.387 e. The summed E-state index contributed by atoms with van der Waals surface area (Å²) >= 11 is 10.7. The lowest BCUT2D eigenvalue weighted by Gasteiger charge is -2.14. The lowest BCUT2D eigenvalue weighted by atomic mass is 10.2. The van der Waals surface area contributed by atoms with E-state index in [0.29, 0.717) is 21.7 Å². The van der Waals surface area contributed by atoms with E-state index in [0.717, 1.165) is 10.4 Å². The lowest BCUT2D eigenvalue weighted by Crippen LogP contribution is -2.07. The average Bonchev–Trinajstić information content (AvgIpc) is 2.76. The van der Waals surface area contributed by atoms with E-state index in [-0.39, 0.29) is 5.75 Å². The van der Waals surface area contributed by atoms with Gasteiger partial charge in [0.2, 0.25) is 0 Å². The lowest BCUT2D eigenvalue weighted by molar-refractivity contribution is -0.0498. The van der Waals surface area contributed by atoms with Gasteiger partial charge in [-0.3, -0.25) is 0 Å². The Morgan fingerprint density at radius 2 is 2.20 bits per heavy atom. The van der Waals surface area contributed by atoms with Crippen molar-refractivity contribution in [3.63, 3.8) is 0 Å². The van der Waals surface area contributed by atoms with Gasteiger partial charge in [-0.1, -0.05) is 11.6 Å². The molecule has 0 bridgehead atoms. The van der Waals surface area contributed by atoms with E-state index < -0.39 is 6.61 Å². The number of ether oxygens (including phenoxy) is 1. The molecule has 0 fully saturated rings. The zero-order valence-electron chi connectivity index (χ0n) is 10.4. The molecule has 0 aliphatic rings. The second kappa shape index (κ2) is 6.74. The van der Waals surface area contributed by atoms with Crippen LogP contribution in [-0.2, 0) is 6.54 Å². The fourth-order valence-electron chi connectivity index (χ4n) is 1.66. The van der Waals surface area contributed by atoms with Crippen LogP contribution >= 0.6 is 38.9 Å². The summed E-state index contributed by atoms with van der Waals surface area (Å²) in [7, 11) is 0. The van der Waals surface area contributed by atoms with E-state index in [4.69, 9.17) is 11.6 Å². The van der Waals surface area contributed by atoms with Crippen LogP contribution in [0.2, 0.25) is 5.02 Å². The number of hydrogen-bond donors (Lipinski definition) is 1. The van der Waals surface area contributed by atoms with E-state index in [1.165, 1.54) is 6.07 Å².